The second kappa shape index (κ2) is 5.68. The largest absolute Gasteiger partial charge is 0.309 e. The summed E-state index contributed by atoms with van der Waals surface area (Å²) in [6.07, 6.45) is 2.29. The lowest BCUT2D eigenvalue weighted by Gasteiger charge is -2.35. The number of nitrogens with zero attached hydrogens (tertiary/aromatic N) is 1. The van der Waals surface area contributed by atoms with Gasteiger partial charge in [-0.05, 0) is 49.1 Å². The molecule has 0 bridgehead atoms. The molecule has 3 rings (SSSR count). The maximum Gasteiger partial charge on any atom is 0.231 e. The SMILES string of the molecule is CC1CCc2ccccc2N1C(=O)Cc1ccc(F)cc1. The first-order chi connectivity index (χ1) is 10.1. The van der Waals surface area contributed by atoms with Crippen LogP contribution in [0.25, 0.3) is 0 Å². The van der Waals surface area contributed by atoms with Gasteiger partial charge < -0.3 is 4.90 Å². The number of carbonyl (C=O) groups is 1. The van der Waals surface area contributed by atoms with Crippen LogP contribution in [-0.4, -0.2) is 11.9 Å². The Hall–Kier alpha value is -2.16. The first-order valence-corrected chi connectivity index (χ1v) is 7.29. The molecule has 1 heterocycles. The summed E-state index contributed by atoms with van der Waals surface area (Å²) in [5, 5.41) is 0. The molecule has 1 amide bonds. The smallest absolute Gasteiger partial charge is 0.231 e. The zero-order chi connectivity index (χ0) is 14.8. The van der Waals surface area contributed by atoms with Crippen LogP contribution in [0.2, 0.25) is 0 Å². The van der Waals surface area contributed by atoms with E-state index in [-0.39, 0.29) is 17.8 Å². The van der Waals surface area contributed by atoms with Crippen molar-refractivity contribution in [2.24, 2.45) is 0 Å². The third kappa shape index (κ3) is 2.82. The minimum absolute atomic E-state index is 0.0706. The number of hydrogen-bond acceptors (Lipinski definition) is 1. The Morgan fingerprint density at radius 2 is 1.90 bits per heavy atom. The van der Waals surface area contributed by atoms with Crippen LogP contribution in [0.3, 0.4) is 0 Å². The lowest BCUT2D eigenvalue weighted by atomic mass is 9.96. The molecule has 0 aromatic heterocycles. The highest BCUT2D eigenvalue weighted by Crippen LogP contribution is 2.30. The van der Waals surface area contributed by atoms with E-state index in [9.17, 15) is 9.18 Å². The summed E-state index contributed by atoms with van der Waals surface area (Å²) in [7, 11) is 0. The quantitative estimate of drug-likeness (QED) is 0.822. The second-order valence-corrected chi connectivity index (χ2v) is 5.58. The Bertz CT molecular complexity index is 651. The molecule has 2 aromatic rings. The molecule has 0 fully saturated rings. The van der Waals surface area contributed by atoms with Crippen molar-refractivity contribution in [1.82, 2.24) is 0 Å². The topological polar surface area (TPSA) is 20.3 Å². The normalized spacial score (nSPS) is 17.4. The van der Waals surface area contributed by atoms with Crippen LogP contribution in [0.1, 0.15) is 24.5 Å². The van der Waals surface area contributed by atoms with Crippen molar-refractivity contribution in [3.63, 3.8) is 0 Å². The summed E-state index contributed by atoms with van der Waals surface area (Å²) < 4.78 is 12.9. The van der Waals surface area contributed by atoms with Gasteiger partial charge in [-0.1, -0.05) is 30.3 Å². The molecule has 21 heavy (non-hydrogen) atoms. The van der Waals surface area contributed by atoms with Crippen molar-refractivity contribution in [3.8, 4) is 0 Å². The number of fused-ring (bicyclic) bond motifs is 1. The van der Waals surface area contributed by atoms with Crippen LogP contribution in [0.4, 0.5) is 10.1 Å². The average Bonchev–Trinajstić information content (AvgIpc) is 2.49. The number of aryl methyl sites for hydroxylation is 1. The van der Waals surface area contributed by atoms with Crippen LogP contribution < -0.4 is 4.90 Å². The highest BCUT2D eigenvalue weighted by molar-refractivity contribution is 5.96. The van der Waals surface area contributed by atoms with Gasteiger partial charge in [-0.2, -0.15) is 0 Å². The number of rotatable bonds is 2. The molecule has 0 spiro atoms. The van der Waals surface area contributed by atoms with Gasteiger partial charge >= 0.3 is 0 Å². The van der Waals surface area contributed by atoms with Gasteiger partial charge in [0, 0.05) is 11.7 Å². The molecule has 108 valence electrons. The monoisotopic (exact) mass is 283 g/mol. The van der Waals surface area contributed by atoms with Gasteiger partial charge in [-0.15, -0.1) is 0 Å². The molecule has 2 aromatic carbocycles. The summed E-state index contributed by atoms with van der Waals surface area (Å²) in [5.41, 5.74) is 3.09. The minimum atomic E-state index is -0.275. The van der Waals surface area contributed by atoms with Crippen LogP contribution in [0, 0.1) is 5.82 Å². The predicted octanol–water partition coefficient (Wildman–Crippen LogP) is 3.74. The van der Waals surface area contributed by atoms with Gasteiger partial charge in [0.15, 0.2) is 0 Å². The Morgan fingerprint density at radius 3 is 2.67 bits per heavy atom. The van der Waals surface area contributed by atoms with Gasteiger partial charge in [0.1, 0.15) is 5.82 Å². The number of amides is 1. The zero-order valence-corrected chi connectivity index (χ0v) is 12.1. The van der Waals surface area contributed by atoms with Crippen LogP contribution in [0.15, 0.2) is 48.5 Å². The second-order valence-electron chi connectivity index (χ2n) is 5.58. The van der Waals surface area contributed by atoms with Gasteiger partial charge in [-0.3, -0.25) is 4.79 Å². The predicted molar refractivity (Wildman–Crippen MR) is 81.8 cm³/mol. The van der Waals surface area contributed by atoms with Crippen molar-refractivity contribution < 1.29 is 9.18 Å². The van der Waals surface area contributed by atoms with Crippen molar-refractivity contribution in [1.29, 1.82) is 0 Å². The van der Waals surface area contributed by atoms with E-state index in [2.05, 4.69) is 13.0 Å². The van der Waals surface area contributed by atoms with Gasteiger partial charge in [0.2, 0.25) is 5.91 Å². The Balaban J connectivity index is 1.85. The molecule has 0 saturated carbocycles. The maximum atomic E-state index is 12.9. The number of hydrogen-bond donors (Lipinski definition) is 0. The Kier molecular flexibility index (Phi) is 3.74. The van der Waals surface area contributed by atoms with Crippen molar-refractivity contribution in [3.05, 3.63) is 65.5 Å². The van der Waals surface area contributed by atoms with E-state index in [1.54, 1.807) is 12.1 Å². The van der Waals surface area contributed by atoms with E-state index >= 15 is 0 Å². The average molecular weight is 283 g/mol. The zero-order valence-electron chi connectivity index (χ0n) is 12.1. The summed E-state index contributed by atoms with van der Waals surface area (Å²) in [6.45, 7) is 2.08. The van der Waals surface area contributed by atoms with E-state index < -0.39 is 0 Å². The van der Waals surface area contributed by atoms with Gasteiger partial charge in [0.25, 0.3) is 0 Å². The number of carbonyl (C=O) groups excluding carboxylic acids is 1. The summed E-state index contributed by atoms with van der Waals surface area (Å²) in [5.74, 6) is -0.204. The van der Waals surface area contributed by atoms with Crippen LogP contribution in [-0.2, 0) is 17.6 Å². The number of benzene rings is 2. The summed E-state index contributed by atoms with van der Waals surface area (Å²) in [4.78, 5) is 14.5. The standard InChI is InChI=1S/C18H18FNO/c1-13-6-9-15-4-2-3-5-17(15)20(13)18(21)12-14-7-10-16(19)11-8-14/h2-5,7-8,10-11,13H,6,9,12H2,1H3. The molecule has 0 N–H and O–H groups in total. The van der Waals surface area contributed by atoms with E-state index in [1.807, 2.05) is 23.1 Å². The molecule has 3 heteroatoms. The summed E-state index contributed by atoms with van der Waals surface area (Å²) >= 11 is 0. The van der Waals surface area contributed by atoms with Crippen molar-refractivity contribution in [2.75, 3.05) is 4.90 Å². The fourth-order valence-corrected chi connectivity index (χ4v) is 2.93. The van der Waals surface area contributed by atoms with E-state index in [0.717, 1.165) is 24.1 Å². The highest BCUT2D eigenvalue weighted by Gasteiger charge is 2.27. The van der Waals surface area contributed by atoms with Crippen molar-refractivity contribution in [2.45, 2.75) is 32.2 Å². The van der Waals surface area contributed by atoms with E-state index in [0.29, 0.717) is 6.42 Å². The fourth-order valence-electron chi connectivity index (χ4n) is 2.93. The Labute approximate surface area is 124 Å². The van der Waals surface area contributed by atoms with Gasteiger partial charge in [-0.25, -0.2) is 4.39 Å². The number of para-hydroxylation sites is 1. The molecule has 1 aliphatic rings. The molecule has 1 aliphatic heterocycles. The molecule has 1 atom stereocenters. The summed E-state index contributed by atoms with van der Waals surface area (Å²) in [6, 6.07) is 14.4. The fraction of sp³-hybridized carbons (Fsp3) is 0.278. The van der Waals surface area contributed by atoms with E-state index in [1.165, 1.54) is 17.7 Å². The molecular formula is C18H18FNO. The maximum absolute atomic E-state index is 12.9. The van der Waals surface area contributed by atoms with Crippen LogP contribution in [0.5, 0.6) is 0 Å². The first-order valence-electron chi connectivity index (χ1n) is 7.29. The lowest BCUT2D eigenvalue weighted by molar-refractivity contribution is -0.118. The van der Waals surface area contributed by atoms with E-state index in [4.69, 9.17) is 0 Å². The molecular weight excluding hydrogens is 265 g/mol. The number of halogens is 1. The minimum Gasteiger partial charge on any atom is -0.309 e. The first kappa shape index (κ1) is 13.8. The molecule has 1 unspecified atom stereocenters. The Morgan fingerprint density at radius 1 is 1.19 bits per heavy atom. The molecule has 2 nitrogen and oxygen atoms in total. The van der Waals surface area contributed by atoms with Crippen LogP contribution >= 0.6 is 0 Å². The number of anilines is 1. The lowest BCUT2D eigenvalue weighted by Crippen LogP contribution is -2.42. The molecule has 0 radical (unpaired) electrons. The van der Waals surface area contributed by atoms with Crippen molar-refractivity contribution >= 4 is 11.6 Å². The molecule has 0 aliphatic carbocycles. The van der Waals surface area contributed by atoms with Gasteiger partial charge in [0.05, 0.1) is 6.42 Å². The molecule has 0 saturated heterocycles. The highest BCUT2D eigenvalue weighted by atomic mass is 19.1. The third-order valence-electron chi connectivity index (χ3n) is 4.06. The third-order valence-corrected chi connectivity index (χ3v) is 4.06.